The summed E-state index contributed by atoms with van der Waals surface area (Å²) in [6, 6.07) is 8.88. The highest BCUT2D eigenvalue weighted by Gasteiger charge is 2.30. The average Bonchev–Trinajstić information content (AvgIpc) is 3.27. The monoisotopic (exact) mass is 380 g/mol. The number of benzene rings is 1. The number of hydrogen-bond donors (Lipinski definition) is 1. The molecule has 0 spiro atoms. The molecule has 7 heteroatoms. The number of nitrogens with one attached hydrogen (secondary N) is 1. The highest BCUT2D eigenvalue weighted by molar-refractivity contribution is 7.19. The number of carbonyl (C=O) groups is 1. The van der Waals surface area contributed by atoms with Gasteiger partial charge in [-0.15, -0.1) is 11.3 Å². The zero-order valence-corrected chi connectivity index (χ0v) is 15.0. The van der Waals surface area contributed by atoms with E-state index in [0.29, 0.717) is 5.56 Å². The first-order valence-electron chi connectivity index (χ1n) is 8.34. The van der Waals surface area contributed by atoms with Gasteiger partial charge in [-0.2, -0.15) is 13.2 Å². The van der Waals surface area contributed by atoms with E-state index in [1.807, 2.05) is 12.1 Å². The van der Waals surface area contributed by atoms with E-state index < -0.39 is 11.7 Å². The minimum atomic E-state index is -4.34. The van der Waals surface area contributed by atoms with Crippen molar-refractivity contribution < 1.29 is 18.0 Å². The molecule has 0 saturated carbocycles. The molecule has 26 heavy (non-hydrogen) atoms. The summed E-state index contributed by atoms with van der Waals surface area (Å²) in [7, 11) is 0. The van der Waals surface area contributed by atoms with Crippen molar-refractivity contribution >= 4 is 22.2 Å². The predicted molar refractivity (Wildman–Crippen MR) is 98.3 cm³/mol. The summed E-state index contributed by atoms with van der Waals surface area (Å²) in [5.41, 5.74) is 0.0391. The Labute approximate surface area is 154 Å². The largest absolute Gasteiger partial charge is 0.416 e. The zero-order valence-electron chi connectivity index (χ0n) is 14.2. The summed E-state index contributed by atoms with van der Waals surface area (Å²) in [6.07, 6.45) is -0.223. The predicted octanol–water partition coefficient (Wildman–Crippen LogP) is 4.70. The molecule has 1 atom stereocenters. The summed E-state index contributed by atoms with van der Waals surface area (Å²) >= 11 is 1.41. The lowest BCUT2D eigenvalue weighted by Crippen LogP contribution is -2.40. The van der Waals surface area contributed by atoms with Crippen LogP contribution in [-0.2, 0) is 11.0 Å². The first kappa shape index (κ1) is 18.7. The molecule has 3 rings (SSSR count). The Balaban J connectivity index is 1.88. The van der Waals surface area contributed by atoms with Gasteiger partial charge in [0.15, 0.2) is 0 Å². The number of carbonyl (C=O) groups excluding carboxylic acids is 1. The standard InChI is InChI=1S/C19H19F3N2OS/c1-2-3-17(25)24(15-10-11-23-12-15)18-9-8-16(26-18)13-4-6-14(7-5-13)19(20,21)22/h2-9,15,23H,10-12H2,1H3. The fraction of sp³-hybridized carbons (Fsp3) is 0.316. The number of hydrogen-bond acceptors (Lipinski definition) is 3. The molecule has 138 valence electrons. The Hall–Kier alpha value is -2.12. The van der Waals surface area contributed by atoms with E-state index in [9.17, 15) is 18.0 Å². The van der Waals surface area contributed by atoms with Crippen molar-refractivity contribution in [2.24, 2.45) is 0 Å². The quantitative estimate of drug-likeness (QED) is 0.780. The minimum absolute atomic E-state index is 0.0813. The van der Waals surface area contributed by atoms with E-state index in [4.69, 9.17) is 0 Å². The summed E-state index contributed by atoms with van der Waals surface area (Å²) in [6.45, 7) is 3.39. The third-order valence-corrected chi connectivity index (χ3v) is 5.41. The van der Waals surface area contributed by atoms with Crippen LogP contribution in [0.4, 0.5) is 18.2 Å². The van der Waals surface area contributed by atoms with Crippen LogP contribution < -0.4 is 10.2 Å². The Morgan fingerprint density at radius 3 is 2.54 bits per heavy atom. The maximum absolute atomic E-state index is 12.7. The number of amides is 1. The van der Waals surface area contributed by atoms with Crippen LogP contribution in [0.25, 0.3) is 10.4 Å². The van der Waals surface area contributed by atoms with E-state index in [2.05, 4.69) is 5.32 Å². The van der Waals surface area contributed by atoms with Crippen LogP contribution in [0.2, 0.25) is 0 Å². The fourth-order valence-electron chi connectivity index (χ4n) is 2.99. The topological polar surface area (TPSA) is 32.3 Å². The van der Waals surface area contributed by atoms with Gasteiger partial charge in [0.05, 0.1) is 16.6 Å². The van der Waals surface area contributed by atoms with E-state index >= 15 is 0 Å². The second kappa shape index (κ2) is 7.63. The van der Waals surface area contributed by atoms with Crippen LogP contribution in [0.3, 0.4) is 0 Å². The second-order valence-electron chi connectivity index (χ2n) is 6.07. The molecule has 1 amide bonds. The highest BCUT2D eigenvalue weighted by Crippen LogP contribution is 2.37. The van der Waals surface area contributed by atoms with Gasteiger partial charge in [0.2, 0.25) is 0 Å². The Bertz CT molecular complexity index is 790. The third-order valence-electron chi connectivity index (χ3n) is 4.27. The van der Waals surface area contributed by atoms with E-state index in [1.165, 1.54) is 29.5 Å². The van der Waals surface area contributed by atoms with Crippen LogP contribution in [0, 0.1) is 0 Å². The molecule has 0 bridgehead atoms. The normalized spacial score (nSPS) is 17.8. The third kappa shape index (κ3) is 3.99. The Morgan fingerprint density at radius 2 is 1.96 bits per heavy atom. The van der Waals surface area contributed by atoms with Crippen LogP contribution in [-0.4, -0.2) is 25.0 Å². The van der Waals surface area contributed by atoms with Gasteiger partial charge in [0.1, 0.15) is 0 Å². The smallest absolute Gasteiger partial charge is 0.315 e. The molecule has 0 radical (unpaired) electrons. The molecule has 1 fully saturated rings. The number of anilines is 1. The molecule has 1 aliphatic heterocycles. The van der Waals surface area contributed by atoms with E-state index in [0.717, 1.165) is 41.5 Å². The summed E-state index contributed by atoms with van der Waals surface area (Å²) < 4.78 is 38.1. The molecular formula is C19H19F3N2OS. The molecule has 1 saturated heterocycles. The second-order valence-corrected chi connectivity index (χ2v) is 7.13. The maximum Gasteiger partial charge on any atom is 0.416 e. The van der Waals surface area contributed by atoms with Crippen molar-refractivity contribution in [3.05, 3.63) is 54.1 Å². The number of nitrogens with zero attached hydrogens (tertiary/aromatic N) is 1. The van der Waals surface area contributed by atoms with Crippen molar-refractivity contribution in [2.45, 2.75) is 25.6 Å². The Morgan fingerprint density at radius 1 is 1.23 bits per heavy atom. The van der Waals surface area contributed by atoms with Gasteiger partial charge in [-0.05, 0) is 55.8 Å². The number of allylic oxidation sites excluding steroid dienone is 1. The SMILES string of the molecule is CC=CC(=O)N(c1ccc(-c2ccc(C(F)(F)F)cc2)s1)C1CCNC1. The minimum Gasteiger partial charge on any atom is -0.315 e. The lowest BCUT2D eigenvalue weighted by molar-refractivity contribution is -0.137. The lowest BCUT2D eigenvalue weighted by Gasteiger charge is -2.26. The molecule has 1 aromatic heterocycles. The highest BCUT2D eigenvalue weighted by atomic mass is 32.1. The van der Waals surface area contributed by atoms with Crippen molar-refractivity contribution in [3.63, 3.8) is 0 Å². The maximum atomic E-state index is 12.7. The van der Waals surface area contributed by atoms with Gasteiger partial charge in [0.25, 0.3) is 5.91 Å². The van der Waals surface area contributed by atoms with Crippen LogP contribution >= 0.6 is 11.3 Å². The average molecular weight is 380 g/mol. The number of halogens is 3. The van der Waals surface area contributed by atoms with Gasteiger partial charge in [0, 0.05) is 11.4 Å². The van der Waals surface area contributed by atoms with Crippen LogP contribution in [0.1, 0.15) is 18.9 Å². The lowest BCUT2D eigenvalue weighted by atomic mass is 10.1. The van der Waals surface area contributed by atoms with Crippen LogP contribution in [0.15, 0.2) is 48.6 Å². The van der Waals surface area contributed by atoms with Crippen molar-refractivity contribution in [2.75, 3.05) is 18.0 Å². The summed E-state index contributed by atoms with van der Waals surface area (Å²) in [4.78, 5) is 15.1. The first-order valence-corrected chi connectivity index (χ1v) is 9.16. The first-order chi connectivity index (χ1) is 12.4. The summed E-state index contributed by atoms with van der Waals surface area (Å²) in [5, 5.41) is 4.06. The molecule has 2 heterocycles. The van der Waals surface area contributed by atoms with Gasteiger partial charge in [-0.3, -0.25) is 9.69 Å². The van der Waals surface area contributed by atoms with Crippen molar-refractivity contribution in [3.8, 4) is 10.4 Å². The van der Waals surface area contributed by atoms with Gasteiger partial charge < -0.3 is 5.32 Å². The number of rotatable bonds is 4. The zero-order chi connectivity index (χ0) is 18.7. The number of thiophene rings is 1. The van der Waals surface area contributed by atoms with Crippen molar-refractivity contribution in [1.82, 2.24) is 5.32 Å². The molecule has 1 aromatic carbocycles. The van der Waals surface area contributed by atoms with E-state index in [-0.39, 0.29) is 11.9 Å². The van der Waals surface area contributed by atoms with E-state index in [1.54, 1.807) is 17.9 Å². The van der Waals surface area contributed by atoms with Gasteiger partial charge in [-0.1, -0.05) is 18.2 Å². The molecule has 1 N–H and O–H groups in total. The molecular weight excluding hydrogens is 361 g/mol. The Kier molecular flexibility index (Phi) is 5.48. The molecule has 3 nitrogen and oxygen atoms in total. The molecule has 1 aliphatic rings. The molecule has 2 aromatic rings. The van der Waals surface area contributed by atoms with Gasteiger partial charge in [-0.25, -0.2) is 0 Å². The summed E-state index contributed by atoms with van der Waals surface area (Å²) in [5.74, 6) is -0.0815. The fourth-order valence-corrected chi connectivity index (χ4v) is 4.08. The van der Waals surface area contributed by atoms with Gasteiger partial charge >= 0.3 is 6.18 Å². The van der Waals surface area contributed by atoms with Crippen LogP contribution in [0.5, 0.6) is 0 Å². The molecule has 0 aliphatic carbocycles. The molecule has 1 unspecified atom stereocenters. The van der Waals surface area contributed by atoms with Crippen molar-refractivity contribution in [1.29, 1.82) is 0 Å². The number of alkyl halides is 3.